The van der Waals surface area contributed by atoms with Crippen LogP contribution in [-0.4, -0.2) is 38.3 Å². The number of nitrogens with zero attached hydrogens (tertiary/aromatic N) is 2. The first-order valence-electron chi connectivity index (χ1n) is 12.7. The van der Waals surface area contributed by atoms with Crippen molar-refractivity contribution in [2.24, 2.45) is 0 Å². The topological polar surface area (TPSA) is 70.1 Å². The highest BCUT2D eigenvalue weighted by Crippen LogP contribution is 2.33. The Balaban J connectivity index is 1.36. The van der Waals surface area contributed by atoms with Gasteiger partial charge in [0.2, 0.25) is 0 Å². The Hall–Kier alpha value is -2.85. The molecule has 3 aromatic carbocycles. The zero-order valence-electron chi connectivity index (χ0n) is 21.0. The Bertz CT molecular complexity index is 1350. The van der Waals surface area contributed by atoms with Crippen LogP contribution in [0.1, 0.15) is 35.2 Å². The average molecular weight is 553 g/mol. The molecule has 3 unspecified atom stereocenters. The van der Waals surface area contributed by atoms with Crippen molar-refractivity contribution >= 4 is 29.3 Å². The molecule has 2 heterocycles. The van der Waals surface area contributed by atoms with Gasteiger partial charge in [-0.05, 0) is 47.2 Å². The van der Waals surface area contributed by atoms with Crippen LogP contribution in [-0.2, 0) is 18.6 Å². The summed E-state index contributed by atoms with van der Waals surface area (Å²) in [5, 5.41) is 18.3. The van der Waals surface area contributed by atoms with Crippen LogP contribution in [0.4, 0.5) is 14.6 Å². The van der Waals surface area contributed by atoms with Gasteiger partial charge in [-0.1, -0.05) is 55.5 Å². The molecule has 198 valence electrons. The Morgan fingerprint density at radius 3 is 2.55 bits per heavy atom. The number of aryl methyl sites for hydroxylation is 1. The summed E-state index contributed by atoms with van der Waals surface area (Å²) in [7, 11) is 0. The number of fused-ring (bicyclic) bond motifs is 1. The van der Waals surface area contributed by atoms with Gasteiger partial charge < -0.3 is 15.7 Å². The SMILES string of the molecule is CCc1ccc2c(c1)C(NCC(O)C(Cc1cc(F)cc(F)c1)Nc1nsnc1-c1ccccc1)CSC2. The van der Waals surface area contributed by atoms with E-state index in [4.69, 9.17) is 0 Å². The number of anilines is 1. The zero-order chi connectivity index (χ0) is 26.5. The molecule has 0 saturated carbocycles. The molecule has 1 aliphatic rings. The second-order valence-electron chi connectivity index (χ2n) is 9.49. The number of hydrogen-bond acceptors (Lipinski definition) is 7. The summed E-state index contributed by atoms with van der Waals surface area (Å²) >= 11 is 2.94. The van der Waals surface area contributed by atoms with E-state index in [-0.39, 0.29) is 12.5 Å². The van der Waals surface area contributed by atoms with Gasteiger partial charge in [0, 0.05) is 35.7 Å². The van der Waals surface area contributed by atoms with Gasteiger partial charge in [-0.25, -0.2) is 8.78 Å². The summed E-state index contributed by atoms with van der Waals surface area (Å²) in [6.45, 7) is 2.45. The number of thioether (sulfide) groups is 1. The predicted molar refractivity (Wildman–Crippen MR) is 152 cm³/mol. The largest absolute Gasteiger partial charge is 0.390 e. The molecule has 0 amide bonds. The lowest BCUT2D eigenvalue weighted by Gasteiger charge is -2.30. The molecule has 1 aromatic heterocycles. The Morgan fingerprint density at radius 2 is 1.79 bits per heavy atom. The second kappa shape index (κ2) is 12.3. The Morgan fingerprint density at radius 1 is 1.00 bits per heavy atom. The number of nitrogens with one attached hydrogen (secondary N) is 2. The summed E-state index contributed by atoms with van der Waals surface area (Å²) in [5.41, 5.74) is 5.92. The summed E-state index contributed by atoms with van der Waals surface area (Å²) in [6.07, 6.45) is 0.313. The summed E-state index contributed by atoms with van der Waals surface area (Å²) < 4.78 is 36.8. The standard InChI is InChI=1S/C29H30F2N4OS2/c1-2-18-8-9-21-16-37-17-26(24(21)12-18)32-15-27(36)25(13-19-10-22(30)14-23(31)11-19)33-29-28(34-38-35-29)20-6-4-3-5-7-20/h3-12,14,25-27,32,36H,2,13,15-17H2,1H3,(H,33,35). The molecule has 0 spiro atoms. The van der Waals surface area contributed by atoms with Crippen LogP contribution in [0.15, 0.2) is 66.7 Å². The van der Waals surface area contributed by atoms with E-state index in [0.717, 1.165) is 41.3 Å². The van der Waals surface area contributed by atoms with Gasteiger partial charge in [0.15, 0.2) is 5.82 Å². The fourth-order valence-corrected chi connectivity index (χ4v) is 6.45. The number of rotatable bonds is 10. The van der Waals surface area contributed by atoms with Crippen LogP contribution < -0.4 is 10.6 Å². The van der Waals surface area contributed by atoms with Crippen molar-refractivity contribution in [1.29, 1.82) is 0 Å². The number of halogens is 2. The van der Waals surface area contributed by atoms with Gasteiger partial charge in [-0.3, -0.25) is 0 Å². The minimum atomic E-state index is -0.864. The van der Waals surface area contributed by atoms with Gasteiger partial charge in [0.25, 0.3) is 0 Å². The molecule has 3 N–H and O–H groups in total. The molecule has 4 aromatic rings. The Kier molecular flexibility index (Phi) is 8.68. The van der Waals surface area contributed by atoms with Crippen molar-refractivity contribution in [3.63, 3.8) is 0 Å². The van der Waals surface area contributed by atoms with Crippen molar-refractivity contribution in [3.8, 4) is 11.3 Å². The van der Waals surface area contributed by atoms with Crippen molar-refractivity contribution in [3.05, 3.63) is 101 Å². The van der Waals surface area contributed by atoms with Gasteiger partial charge in [-0.2, -0.15) is 20.5 Å². The lowest BCUT2D eigenvalue weighted by molar-refractivity contribution is 0.146. The first-order chi connectivity index (χ1) is 18.5. The molecule has 0 radical (unpaired) electrons. The van der Waals surface area contributed by atoms with E-state index < -0.39 is 23.8 Å². The summed E-state index contributed by atoms with van der Waals surface area (Å²) in [6, 6.07) is 19.3. The molecule has 0 saturated heterocycles. The lowest BCUT2D eigenvalue weighted by Crippen LogP contribution is -2.44. The van der Waals surface area contributed by atoms with Gasteiger partial charge in [-0.15, -0.1) is 0 Å². The number of aliphatic hydroxyl groups is 1. The van der Waals surface area contributed by atoms with E-state index in [9.17, 15) is 13.9 Å². The maximum atomic E-state index is 14.0. The molecule has 5 rings (SSSR count). The maximum Gasteiger partial charge on any atom is 0.168 e. The van der Waals surface area contributed by atoms with Crippen LogP contribution in [0.2, 0.25) is 0 Å². The number of aliphatic hydroxyl groups excluding tert-OH is 1. The third-order valence-corrected chi connectivity index (χ3v) is 8.42. The quantitative estimate of drug-likeness (QED) is 0.224. The van der Waals surface area contributed by atoms with Gasteiger partial charge in [0.05, 0.1) is 23.9 Å². The van der Waals surface area contributed by atoms with Crippen molar-refractivity contribution in [2.75, 3.05) is 17.6 Å². The van der Waals surface area contributed by atoms with Crippen molar-refractivity contribution in [2.45, 2.75) is 43.7 Å². The Labute approximate surface area is 230 Å². The third-order valence-electron chi connectivity index (χ3n) is 6.81. The van der Waals surface area contributed by atoms with Gasteiger partial charge >= 0.3 is 0 Å². The monoisotopic (exact) mass is 552 g/mol. The first-order valence-corrected chi connectivity index (χ1v) is 14.6. The molecule has 0 aliphatic carbocycles. The van der Waals surface area contributed by atoms with E-state index in [1.807, 2.05) is 42.1 Å². The maximum absolute atomic E-state index is 14.0. The molecule has 1 aliphatic heterocycles. The van der Waals surface area contributed by atoms with E-state index in [1.165, 1.54) is 28.8 Å². The fourth-order valence-electron chi connectivity index (χ4n) is 4.78. The van der Waals surface area contributed by atoms with E-state index in [2.05, 4.69) is 44.5 Å². The van der Waals surface area contributed by atoms with Crippen molar-refractivity contribution in [1.82, 2.24) is 14.1 Å². The van der Waals surface area contributed by atoms with Crippen LogP contribution in [0.3, 0.4) is 0 Å². The smallest absolute Gasteiger partial charge is 0.168 e. The minimum absolute atomic E-state index is 0.109. The van der Waals surface area contributed by atoms with Crippen LogP contribution in [0.5, 0.6) is 0 Å². The molecule has 5 nitrogen and oxygen atoms in total. The van der Waals surface area contributed by atoms with E-state index in [0.29, 0.717) is 23.6 Å². The number of benzene rings is 3. The second-order valence-corrected chi connectivity index (χ2v) is 11.0. The number of hydrogen-bond donors (Lipinski definition) is 3. The molecule has 0 fully saturated rings. The van der Waals surface area contributed by atoms with E-state index in [1.54, 1.807) is 0 Å². The van der Waals surface area contributed by atoms with Crippen LogP contribution >= 0.6 is 23.5 Å². The molecular formula is C29H30F2N4OS2. The third kappa shape index (κ3) is 6.40. The molecule has 38 heavy (non-hydrogen) atoms. The minimum Gasteiger partial charge on any atom is -0.390 e. The highest BCUT2D eigenvalue weighted by atomic mass is 32.2. The average Bonchev–Trinajstić information content (AvgIpc) is 3.39. The van der Waals surface area contributed by atoms with Crippen LogP contribution in [0, 0.1) is 11.6 Å². The highest BCUT2D eigenvalue weighted by Gasteiger charge is 2.26. The summed E-state index contributed by atoms with van der Waals surface area (Å²) in [5.74, 6) is 1.14. The fraction of sp³-hybridized carbons (Fsp3) is 0.310. The number of aromatic nitrogens is 2. The lowest BCUT2D eigenvalue weighted by atomic mass is 9.97. The molecule has 0 bridgehead atoms. The zero-order valence-corrected chi connectivity index (χ0v) is 22.7. The molecular weight excluding hydrogens is 522 g/mol. The van der Waals surface area contributed by atoms with Crippen molar-refractivity contribution < 1.29 is 13.9 Å². The molecule has 3 atom stereocenters. The predicted octanol–water partition coefficient (Wildman–Crippen LogP) is 6.01. The summed E-state index contributed by atoms with van der Waals surface area (Å²) in [4.78, 5) is 0. The highest BCUT2D eigenvalue weighted by molar-refractivity contribution is 7.98. The van der Waals surface area contributed by atoms with Gasteiger partial charge in [0.1, 0.15) is 17.3 Å². The molecule has 9 heteroatoms. The normalized spacial score (nSPS) is 16.6. The van der Waals surface area contributed by atoms with Crippen LogP contribution in [0.25, 0.3) is 11.3 Å². The first kappa shape index (κ1) is 26.7. The van der Waals surface area contributed by atoms with E-state index >= 15 is 0 Å².